The van der Waals surface area contributed by atoms with Crippen molar-refractivity contribution in [3.05, 3.63) is 36.1 Å². The smallest absolute Gasteiger partial charge is 0.384 e. The average molecular weight is 256 g/mol. The molecule has 0 radical (unpaired) electrons. The number of ether oxygens (including phenoxy) is 1. The standard InChI is InChI=1S/C6H5F.C4H4F4O2/c7-6-4-2-1-3-5-6;5-3(6)1(9)2-4(7,8)10-2/h1-5H;1-3,9H. The van der Waals surface area contributed by atoms with Crippen molar-refractivity contribution in [2.24, 2.45) is 0 Å². The first-order valence-electron chi connectivity index (χ1n) is 4.57. The third kappa shape index (κ3) is 4.27. The molecular formula is C10H9F5O2. The van der Waals surface area contributed by atoms with Gasteiger partial charge in [0.2, 0.25) is 0 Å². The van der Waals surface area contributed by atoms with Crippen molar-refractivity contribution >= 4 is 0 Å². The summed E-state index contributed by atoms with van der Waals surface area (Å²) in [5.41, 5.74) is 0. The molecule has 1 aliphatic heterocycles. The quantitative estimate of drug-likeness (QED) is 0.651. The zero-order valence-electron chi connectivity index (χ0n) is 8.36. The molecule has 0 bridgehead atoms. The summed E-state index contributed by atoms with van der Waals surface area (Å²) in [4.78, 5) is 0. The van der Waals surface area contributed by atoms with Gasteiger partial charge in [0, 0.05) is 0 Å². The van der Waals surface area contributed by atoms with Crippen LogP contribution in [-0.4, -0.2) is 29.8 Å². The van der Waals surface area contributed by atoms with E-state index in [2.05, 4.69) is 4.74 Å². The summed E-state index contributed by atoms with van der Waals surface area (Å²) in [5.74, 6) is -0.178. The molecule has 7 heteroatoms. The molecule has 1 fully saturated rings. The normalized spacial score (nSPS) is 22.6. The molecule has 1 saturated heterocycles. The molecule has 2 unspecified atom stereocenters. The van der Waals surface area contributed by atoms with E-state index in [1.807, 2.05) is 0 Å². The van der Waals surface area contributed by atoms with Crippen molar-refractivity contribution in [1.82, 2.24) is 0 Å². The predicted molar refractivity (Wildman–Crippen MR) is 48.2 cm³/mol. The maximum absolute atomic E-state index is 11.9. The number of rotatable bonds is 2. The Morgan fingerprint density at radius 2 is 1.65 bits per heavy atom. The van der Waals surface area contributed by atoms with Gasteiger partial charge in [0.25, 0.3) is 6.43 Å². The summed E-state index contributed by atoms with van der Waals surface area (Å²) < 4.78 is 61.6. The Morgan fingerprint density at radius 3 is 1.82 bits per heavy atom. The second-order valence-corrected chi connectivity index (χ2v) is 3.22. The van der Waals surface area contributed by atoms with Gasteiger partial charge in [-0.3, -0.25) is 0 Å². The first-order chi connectivity index (χ1) is 7.84. The minimum absolute atomic E-state index is 0.178. The SMILES string of the molecule is Fc1ccccc1.OC(C(F)F)C1OC1(F)F. The highest BCUT2D eigenvalue weighted by Gasteiger charge is 2.65. The van der Waals surface area contributed by atoms with Crippen LogP contribution >= 0.6 is 0 Å². The van der Waals surface area contributed by atoms with Crippen molar-refractivity contribution in [3.63, 3.8) is 0 Å². The Bertz CT molecular complexity index is 344. The van der Waals surface area contributed by atoms with Crippen LogP contribution < -0.4 is 0 Å². The van der Waals surface area contributed by atoms with E-state index in [-0.39, 0.29) is 5.82 Å². The summed E-state index contributed by atoms with van der Waals surface area (Å²) in [6, 6.07) is 7.94. The minimum atomic E-state index is -3.56. The number of benzene rings is 1. The third-order valence-electron chi connectivity index (χ3n) is 1.86. The van der Waals surface area contributed by atoms with E-state index in [1.54, 1.807) is 18.2 Å². The summed E-state index contributed by atoms with van der Waals surface area (Å²) in [7, 11) is 0. The van der Waals surface area contributed by atoms with E-state index >= 15 is 0 Å². The molecule has 0 aromatic heterocycles. The highest BCUT2D eigenvalue weighted by Crippen LogP contribution is 2.42. The van der Waals surface area contributed by atoms with E-state index in [0.29, 0.717) is 0 Å². The van der Waals surface area contributed by atoms with Gasteiger partial charge in [0.15, 0.2) is 6.10 Å². The fraction of sp³-hybridized carbons (Fsp3) is 0.400. The number of halogens is 5. The zero-order chi connectivity index (χ0) is 13.1. The van der Waals surface area contributed by atoms with E-state index in [0.717, 1.165) is 0 Å². The summed E-state index contributed by atoms with van der Waals surface area (Å²) in [5, 5.41) is 8.25. The molecule has 1 heterocycles. The van der Waals surface area contributed by atoms with Gasteiger partial charge in [0.1, 0.15) is 11.9 Å². The Hall–Kier alpha value is -1.21. The molecule has 1 aromatic carbocycles. The lowest BCUT2D eigenvalue weighted by atomic mass is 10.3. The fourth-order valence-corrected chi connectivity index (χ4v) is 0.951. The number of epoxide rings is 1. The second-order valence-electron chi connectivity index (χ2n) is 3.22. The maximum atomic E-state index is 11.9. The van der Waals surface area contributed by atoms with Crippen LogP contribution in [0.15, 0.2) is 30.3 Å². The Kier molecular flexibility index (Phi) is 4.41. The highest BCUT2D eigenvalue weighted by atomic mass is 19.3. The largest absolute Gasteiger partial charge is 0.385 e. The van der Waals surface area contributed by atoms with Gasteiger partial charge in [-0.05, 0) is 12.1 Å². The first-order valence-corrected chi connectivity index (χ1v) is 4.57. The third-order valence-corrected chi connectivity index (χ3v) is 1.86. The van der Waals surface area contributed by atoms with Gasteiger partial charge in [0.05, 0.1) is 0 Å². The van der Waals surface area contributed by atoms with Crippen LogP contribution in [0, 0.1) is 5.82 Å². The molecule has 2 nitrogen and oxygen atoms in total. The number of alkyl halides is 4. The van der Waals surface area contributed by atoms with Crippen LogP contribution in [0.2, 0.25) is 0 Å². The van der Waals surface area contributed by atoms with Gasteiger partial charge in [-0.2, -0.15) is 8.78 Å². The summed E-state index contributed by atoms with van der Waals surface area (Å²) in [6.07, 6.45) is -11.1. The topological polar surface area (TPSA) is 32.8 Å². The molecule has 0 saturated carbocycles. The number of hydrogen-bond donors (Lipinski definition) is 1. The summed E-state index contributed by atoms with van der Waals surface area (Å²) in [6.45, 7) is 0. The van der Waals surface area contributed by atoms with Crippen molar-refractivity contribution in [1.29, 1.82) is 0 Å². The van der Waals surface area contributed by atoms with Gasteiger partial charge < -0.3 is 9.84 Å². The van der Waals surface area contributed by atoms with Crippen LogP contribution in [0.25, 0.3) is 0 Å². The van der Waals surface area contributed by atoms with Gasteiger partial charge in [-0.1, -0.05) is 18.2 Å². The Balaban J connectivity index is 0.000000181. The van der Waals surface area contributed by atoms with Crippen molar-refractivity contribution < 1.29 is 31.8 Å². The van der Waals surface area contributed by atoms with E-state index in [4.69, 9.17) is 5.11 Å². The van der Waals surface area contributed by atoms with Crippen molar-refractivity contribution in [2.75, 3.05) is 0 Å². The highest BCUT2D eigenvalue weighted by molar-refractivity contribution is 5.02. The lowest BCUT2D eigenvalue weighted by Gasteiger charge is -2.02. The predicted octanol–water partition coefficient (Wildman–Crippen LogP) is 2.43. The van der Waals surface area contributed by atoms with Crippen molar-refractivity contribution in [2.45, 2.75) is 24.7 Å². The van der Waals surface area contributed by atoms with Gasteiger partial charge in [-0.25, -0.2) is 13.2 Å². The molecule has 0 aliphatic carbocycles. The lowest BCUT2D eigenvalue weighted by Crippen LogP contribution is -2.26. The zero-order valence-corrected chi connectivity index (χ0v) is 8.36. The van der Waals surface area contributed by atoms with E-state index < -0.39 is 24.7 Å². The Labute approximate surface area is 93.6 Å². The van der Waals surface area contributed by atoms with Crippen molar-refractivity contribution in [3.8, 4) is 0 Å². The molecule has 2 atom stereocenters. The van der Waals surface area contributed by atoms with Crippen LogP contribution in [0.4, 0.5) is 22.0 Å². The molecule has 0 spiro atoms. The Morgan fingerprint density at radius 1 is 1.18 bits per heavy atom. The van der Waals surface area contributed by atoms with Crippen LogP contribution in [0.3, 0.4) is 0 Å². The average Bonchev–Trinajstić information content (AvgIpc) is 2.88. The van der Waals surface area contributed by atoms with Gasteiger partial charge >= 0.3 is 6.11 Å². The molecule has 1 aromatic rings. The minimum Gasteiger partial charge on any atom is -0.384 e. The number of aliphatic hydroxyl groups is 1. The second kappa shape index (κ2) is 5.42. The first kappa shape index (κ1) is 13.9. The van der Waals surface area contributed by atoms with E-state index in [9.17, 15) is 22.0 Å². The fourth-order valence-electron chi connectivity index (χ4n) is 0.951. The molecule has 17 heavy (non-hydrogen) atoms. The van der Waals surface area contributed by atoms with Crippen LogP contribution in [-0.2, 0) is 4.74 Å². The van der Waals surface area contributed by atoms with Gasteiger partial charge in [-0.15, -0.1) is 0 Å². The monoisotopic (exact) mass is 256 g/mol. The maximum Gasteiger partial charge on any atom is 0.385 e. The molecule has 96 valence electrons. The molecule has 0 amide bonds. The summed E-state index contributed by atoms with van der Waals surface area (Å²) >= 11 is 0. The van der Waals surface area contributed by atoms with E-state index in [1.165, 1.54) is 12.1 Å². The van der Waals surface area contributed by atoms with Crippen LogP contribution in [0.5, 0.6) is 0 Å². The van der Waals surface area contributed by atoms with Crippen LogP contribution in [0.1, 0.15) is 0 Å². The lowest BCUT2D eigenvalue weighted by molar-refractivity contribution is -0.0249. The molecule has 1 N–H and O–H groups in total. The number of hydrogen-bond acceptors (Lipinski definition) is 2. The number of aliphatic hydroxyl groups excluding tert-OH is 1. The molecule has 2 rings (SSSR count). The molecular weight excluding hydrogens is 247 g/mol. The molecule has 1 aliphatic rings.